The van der Waals surface area contributed by atoms with Crippen molar-refractivity contribution in [2.24, 2.45) is 0 Å². The Hall–Kier alpha value is -2.49. The van der Waals surface area contributed by atoms with E-state index in [9.17, 15) is 14.9 Å². The van der Waals surface area contributed by atoms with Crippen LogP contribution in [0.2, 0.25) is 0 Å². The molecule has 10 heteroatoms. The van der Waals surface area contributed by atoms with Gasteiger partial charge in [-0.25, -0.2) is 4.98 Å². The summed E-state index contributed by atoms with van der Waals surface area (Å²) in [6, 6.07) is 0. The quantitative estimate of drug-likeness (QED) is 0.607. The zero-order valence-electron chi connectivity index (χ0n) is 13.5. The number of anilines is 1. The van der Waals surface area contributed by atoms with Gasteiger partial charge in [0.1, 0.15) is 17.9 Å². The monoisotopic (exact) mass is 350 g/mol. The number of hydrogen-bond acceptors (Lipinski definition) is 7. The van der Waals surface area contributed by atoms with Crippen molar-refractivity contribution in [3.63, 3.8) is 0 Å². The Balaban J connectivity index is 1.62. The molecule has 0 aliphatic carbocycles. The average Bonchev–Trinajstić information content (AvgIpc) is 3.16. The topological polar surface area (TPSA) is 97.4 Å². The maximum atomic E-state index is 12.5. The van der Waals surface area contributed by atoms with Crippen molar-refractivity contribution in [3.8, 4) is 0 Å². The Bertz CT molecular complexity index is 749. The van der Waals surface area contributed by atoms with E-state index in [-0.39, 0.29) is 18.1 Å². The molecular formula is C14H18N6O3S. The van der Waals surface area contributed by atoms with Crippen LogP contribution in [-0.4, -0.2) is 56.7 Å². The molecule has 128 valence electrons. The number of carbonyl (C=O) groups excluding carboxylic acids is 1. The van der Waals surface area contributed by atoms with Crippen LogP contribution in [0, 0.1) is 24.0 Å². The maximum Gasteiger partial charge on any atom is 0.312 e. The molecule has 1 saturated heterocycles. The number of amides is 1. The number of aromatic nitrogens is 3. The summed E-state index contributed by atoms with van der Waals surface area (Å²) in [5.74, 6) is -0.0747. The van der Waals surface area contributed by atoms with E-state index in [0.717, 1.165) is 18.2 Å². The highest BCUT2D eigenvalue weighted by molar-refractivity contribution is 7.13. The SMILES string of the molecule is Cc1nn(CC(=O)N2CCN(c3nccs3)CC2)c(C)c1[N+](=O)[O-]. The molecular weight excluding hydrogens is 332 g/mol. The Labute approximate surface area is 142 Å². The summed E-state index contributed by atoms with van der Waals surface area (Å²) in [7, 11) is 0. The minimum atomic E-state index is -0.453. The first-order valence-electron chi connectivity index (χ1n) is 7.58. The maximum absolute atomic E-state index is 12.5. The molecule has 0 N–H and O–H groups in total. The van der Waals surface area contributed by atoms with Crippen LogP contribution in [-0.2, 0) is 11.3 Å². The Morgan fingerprint density at radius 1 is 1.33 bits per heavy atom. The molecule has 0 unspecified atom stereocenters. The first-order valence-corrected chi connectivity index (χ1v) is 8.46. The van der Waals surface area contributed by atoms with Gasteiger partial charge < -0.3 is 9.80 Å². The van der Waals surface area contributed by atoms with Crippen molar-refractivity contribution in [1.82, 2.24) is 19.7 Å². The number of piperazine rings is 1. The predicted octanol–water partition coefficient (Wildman–Crippen LogP) is 1.21. The number of aryl methyl sites for hydroxylation is 1. The second-order valence-corrected chi connectivity index (χ2v) is 6.49. The van der Waals surface area contributed by atoms with Gasteiger partial charge in [0.25, 0.3) is 0 Å². The molecule has 24 heavy (non-hydrogen) atoms. The van der Waals surface area contributed by atoms with Crippen LogP contribution in [0.15, 0.2) is 11.6 Å². The number of nitro groups is 1. The van der Waals surface area contributed by atoms with E-state index < -0.39 is 4.92 Å². The standard InChI is InChI=1S/C14H18N6O3S/c1-10-13(20(22)23)11(2)19(16-10)9-12(21)17-4-6-18(7-5-17)14-15-3-8-24-14/h3,8H,4-7,9H2,1-2H3. The summed E-state index contributed by atoms with van der Waals surface area (Å²) in [5.41, 5.74) is 0.725. The summed E-state index contributed by atoms with van der Waals surface area (Å²) in [5, 5.41) is 18.1. The van der Waals surface area contributed by atoms with E-state index in [4.69, 9.17) is 0 Å². The van der Waals surface area contributed by atoms with Crippen LogP contribution in [0.25, 0.3) is 0 Å². The van der Waals surface area contributed by atoms with Gasteiger partial charge in [0.15, 0.2) is 5.13 Å². The van der Waals surface area contributed by atoms with Crippen molar-refractivity contribution < 1.29 is 9.72 Å². The number of nitrogens with zero attached hydrogens (tertiary/aromatic N) is 6. The number of thiazole rings is 1. The minimum absolute atomic E-state index is 0.0172. The highest BCUT2D eigenvalue weighted by atomic mass is 32.1. The van der Waals surface area contributed by atoms with Gasteiger partial charge in [-0.05, 0) is 13.8 Å². The highest BCUT2D eigenvalue weighted by Crippen LogP contribution is 2.22. The number of hydrogen-bond donors (Lipinski definition) is 0. The van der Waals surface area contributed by atoms with Crippen LogP contribution >= 0.6 is 11.3 Å². The van der Waals surface area contributed by atoms with Crippen molar-refractivity contribution in [3.05, 3.63) is 33.1 Å². The summed E-state index contributed by atoms with van der Waals surface area (Å²) < 4.78 is 1.42. The second-order valence-electron chi connectivity index (χ2n) is 5.62. The smallest absolute Gasteiger partial charge is 0.312 e. The normalized spacial score (nSPS) is 14.9. The largest absolute Gasteiger partial charge is 0.345 e. The number of rotatable bonds is 4. The fourth-order valence-corrected chi connectivity index (χ4v) is 3.55. The van der Waals surface area contributed by atoms with E-state index in [0.29, 0.717) is 24.5 Å². The van der Waals surface area contributed by atoms with Gasteiger partial charge in [-0.15, -0.1) is 11.3 Å². The van der Waals surface area contributed by atoms with Gasteiger partial charge >= 0.3 is 5.69 Å². The minimum Gasteiger partial charge on any atom is -0.345 e. The van der Waals surface area contributed by atoms with Gasteiger partial charge in [-0.1, -0.05) is 0 Å². The first kappa shape index (κ1) is 16.4. The molecule has 1 fully saturated rings. The molecule has 0 radical (unpaired) electrons. The molecule has 1 aliphatic heterocycles. The molecule has 2 aromatic heterocycles. The van der Waals surface area contributed by atoms with Crippen molar-refractivity contribution >= 4 is 28.1 Å². The summed E-state index contributed by atoms with van der Waals surface area (Å²) in [6.07, 6.45) is 1.77. The molecule has 0 bridgehead atoms. The van der Waals surface area contributed by atoms with Crippen molar-refractivity contribution in [1.29, 1.82) is 0 Å². The summed E-state index contributed by atoms with van der Waals surface area (Å²) in [4.78, 5) is 31.3. The fourth-order valence-electron chi connectivity index (χ4n) is 2.85. The zero-order chi connectivity index (χ0) is 17.3. The van der Waals surface area contributed by atoms with Gasteiger partial charge in [-0.2, -0.15) is 5.10 Å². The molecule has 3 heterocycles. The lowest BCUT2D eigenvalue weighted by Gasteiger charge is -2.34. The van der Waals surface area contributed by atoms with Crippen LogP contribution in [0.4, 0.5) is 10.8 Å². The van der Waals surface area contributed by atoms with Crippen molar-refractivity contribution in [2.75, 3.05) is 31.1 Å². The second kappa shape index (κ2) is 6.56. The first-order chi connectivity index (χ1) is 11.5. The van der Waals surface area contributed by atoms with Gasteiger partial charge in [0.05, 0.1) is 4.92 Å². The van der Waals surface area contributed by atoms with Gasteiger partial charge in [0.2, 0.25) is 5.91 Å². The van der Waals surface area contributed by atoms with E-state index >= 15 is 0 Å². The van der Waals surface area contributed by atoms with Crippen LogP contribution in [0.5, 0.6) is 0 Å². The Morgan fingerprint density at radius 3 is 2.58 bits per heavy atom. The lowest BCUT2D eigenvalue weighted by atomic mass is 10.3. The van der Waals surface area contributed by atoms with Gasteiger partial charge in [0, 0.05) is 37.8 Å². The van der Waals surface area contributed by atoms with E-state index in [2.05, 4.69) is 15.0 Å². The predicted molar refractivity (Wildman–Crippen MR) is 89.3 cm³/mol. The molecule has 0 aromatic carbocycles. The Morgan fingerprint density at radius 2 is 2.04 bits per heavy atom. The molecule has 2 aromatic rings. The Kier molecular flexibility index (Phi) is 4.47. The molecule has 1 aliphatic rings. The van der Waals surface area contributed by atoms with E-state index in [1.165, 1.54) is 4.68 Å². The van der Waals surface area contributed by atoms with Crippen LogP contribution in [0.1, 0.15) is 11.4 Å². The fraction of sp³-hybridized carbons (Fsp3) is 0.500. The third-order valence-corrected chi connectivity index (χ3v) is 4.97. The average molecular weight is 350 g/mol. The zero-order valence-corrected chi connectivity index (χ0v) is 14.3. The van der Waals surface area contributed by atoms with Gasteiger partial charge in [-0.3, -0.25) is 19.6 Å². The van der Waals surface area contributed by atoms with E-state index in [1.807, 2.05) is 5.38 Å². The number of carbonyl (C=O) groups is 1. The molecule has 0 spiro atoms. The molecule has 1 amide bonds. The molecule has 9 nitrogen and oxygen atoms in total. The van der Waals surface area contributed by atoms with Crippen molar-refractivity contribution in [2.45, 2.75) is 20.4 Å². The summed E-state index contributed by atoms with van der Waals surface area (Å²) in [6.45, 7) is 5.91. The van der Waals surface area contributed by atoms with E-state index in [1.54, 1.807) is 36.3 Å². The third kappa shape index (κ3) is 3.09. The molecule has 0 saturated carbocycles. The molecule has 0 atom stereocenters. The summed E-state index contributed by atoms with van der Waals surface area (Å²) >= 11 is 1.58. The third-order valence-electron chi connectivity index (χ3n) is 4.13. The van der Waals surface area contributed by atoms with Crippen LogP contribution < -0.4 is 4.90 Å². The molecule has 3 rings (SSSR count). The lowest BCUT2D eigenvalue weighted by Crippen LogP contribution is -2.49. The van der Waals surface area contributed by atoms with Crippen LogP contribution in [0.3, 0.4) is 0 Å². The highest BCUT2D eigenvalue weighted by Gasteiger charge is 2.26. The lowest BCUT2D eigenvalue weighted by molar-refractivity contribution is -0.386.